The molecule has 0 spiro atoms. The summed E-state index contributed by atoms with van der Waals surface area (Å²) in [6, 6.07) is 0. The molecule has 0 fully saturated rings. The van der Waals surface area contributed by atoms with Crippen LogP contribution in [0.25, 0.3) is 0 Å². The summed E-state index contributed by atoms with van der Waals surface area (Å²) in [6.07, 6.45) is -0.322. The topological polar surface area (TPSA) is 82.1 Å². The molecular weight excluding hydrogens is 276 g/mol. The number of cyclic esters (lactones) is 1. The maximum atomic E-state index is 12.1. The monoisotopic (exact) mass is 294 g/mol. The zero-order chi connectivity index (χ0) is 15.9. The number of fused-ring (bicyclic) bond motifs is 1. The SMILES string of the molecule is COC(=O)c1c(O)c2c(c(C)c1OC)[C@H](C)[C@@H](C)OC2=O. The van der Waals surface area contributed by atoms with Crippen molar-refractivity contribution in [1.29, 1.82) is 0 Å². The molecule has 1 heterocycles. The fraction of sp³-hybridized carbons (Fsp3) is 0.467. The Morgan fingerprint density at radius 2 is 1.90 bits per heavy atom. The van der Waals surface area contributed by atoms with Gasteiger partial charge in [0.05, 0.1) is 14.2 Å². The summed E-state index contributed by atoms with van der Waals surface area (Å²) in [5, 5.41) is 10.4. The van der Waals surface area contributed by atoms with Crippen LogP contribution in [0.2, 0.25) is 0 Å². The summed E-state index contributed by atoms with van der Waals surface area (Å²) in [5.41, 5.74) is 1.12. The number of phenols is 1. The van der Waals surface area contributed by atoms with Gasteiger partial charge >= 0.3 is 11.9 Å². The van der Waals surface area contributed by atoms with Crippen LogP contribution in [0.5, 0.6) is 11.5 Å². The van der Waals surface area contributed by atoms with Gasteiger partial charge in [0.1, 0.15) is 28.7 Å². The Morgan fingerprint density at radius 3 is 2.43 bits per heavy atom. The van der Waals surface area contributed by atoms with Gasteiger partial charge in [-0.1, -0.05) is 6.92 Å². The van der Waals surface area contributed by atoms with Crippen molar-refractivity contribution in [3.8, 4) is 11.5 Å². The molecule has 0 bridgehead atoms. The number of methoxy groups -OCH3 is 2. The highest BCUT2D eigenvalue weighted by atomic mass is 16.5. The van der Waals surface area contributed by atoms with Gasteiger partial charge in [-0.2, -0.15) is 0 Å². The molecule has 1 aromatic carbocycles. The van der Waals surface area contributed by atoms with Gasteiger partial charge in [0.15, 0.2) is 0 Å². The van der Waals surface area contributed by atoms with E-state index in [2.05, 4.69) is 4.74 Å². The number of phenolic OH excluding ortho intramolecular Hbond substituents is 1. The van der Waals surface area contributed by atoms with Crippen LogP contribution >= 0.6 is 0 Å². The first-order valence-electron chi connectivity index (χ1n) is 6.57. The van der Waals surface area contributed by atoms with Gasteiger partial charge in [-0.25, -0.2) is 9.59 Å². The Kier molecular flexibility index (Phi) is 3.80. The quantitative estimate of drug-likeness (QED) is 0.842. The molecule has 1 aliphatic heterocycles. The lowest BCUT2D eigenvalue weighted by molar-refractivity contribution is 0.0235. The highest BCUT2D eigenvalue weighted by molar-refractivity contribution is 6.04. The van der Waals surface area contributed by atoms with Crippen molar-refractivity contribution in [3.63, 3.8) is 0 Å². The zero-order valence-electron chi connectivity index (χ0n) is 12.6. The number of carbonyl (C=O) groups is 2. The number of aromatic hydroxyl groups is 1. The van der Waals surface area contributed by atoms with Crippen molar-refractivity contribution in [2.45, 2.75) is 32.8 Å². The Hall–Kier alpha value is -2.24. The average Bonchev–Trinajstić information content (AvgIpc) is 2.45. The largest absolute Gasteiger partial charge is 0.506 e. The number of rotatable bonds is 2. The van der Waals surface area contributed by atoms with E-state index in [1.165, 1.54) is 14.2 Å². The van der Waals surface area contributed by atoms with Gasteiger partial charge < -0.3 is 19.3 Å². The number of esters is 2. The molecule has 1 aromatic rings. The second-order valence-electron chi connectivity index (χ2n) is 5.06. The number of carbonyl (C=O) groups excluding carboxylic acids is 2. The minimum atomic E-state index is -0.769. The molecule has 6 heteroatoms. The molecule has 0 saturated heterocycles. The van der Waals surface area contributed by atoms with Gasteiger partial charge in [0.2, 0.25) is 0 Å². The van der Waals surface area contributed by atoms with Crippen LogP contribution in [0.4, 0.5) is 0 Å². The number of hydrogen-bond acceptors (Lipinski definition) is 6. The van der Waals surface area contributed by atoms with Crippen molar-refractivity contribution >= 4 is 11.9 Å². The second kappa shape index (κ2) is 5.27. The smallest absolute Gasteiger partial charge is 0.345 e. The zero-order valence-corrected chi connectivity index (χ0v) is 12.6. The highest BCUT2D eigenvalue weighted by Crippen LogP contribution is 2.45. The third-order valence-corrected chi connectivity index (χ3v) is 3.96. The van der Waals surface area contributed by atoms with Gasteiger partial charge in [-0.05, 0) is 25.0 Å². The molecule has 0 radical (unpaired) electrons. The van der Waals surface area contributed by atoms with Gasteiger partial charge in [0, 0.05) is 5.92 Å². The van der Waals surface area contributed by atoms with E-state index in [4.69, 9.17) is 9.47 Å². The maximum absolute atomic E-state index is 12.1. The lowest BCUT2D eigenvalue weighted by Gasteiger charge is -2.31. The van der Waals surface area contributed by atoms with Crippen molar-refractivity contribution in [3.05, 3.63) is 22.3 Å². The Morgan fingerprint density at radius 1 is 1.29 bits per heavy atom. The molecule has 21 heavy (non-hydrogen) atoms. The molecule has 0 unspecified atom stereocenters. The minimum absolute atomic E-state index is 0.0132. The van der Waals surface area contributed by atoms with E-state index >= 15 is 0 Å². The lowest BCUT2D eigenvalue weighted by Crippen LogP contribution is -2.30. The second-order valence-corrected chi connectivity index (χ2v) is 5.06. The average molecular weight is 294 g/mol. The van der Waals surface area contributed by atoms with E-state index in [0.29, 0.717) is 11.1 Å². The van der Waals surface area contributed by atoms with E-state index in [1.807, 2.05) is 6.92 Å². The molecule has 2 rings (SSSR count). The number of ether oxygens (including phenoxy) is 3. The maximum Gasteiger partial charge on any atom is 0.345 e. The summed E-state index contributed by atoms with van der Waals surface area (Å²) in [6.45, 7) is 5.41. The molecule has 1 N–H and O–H groups in total. The van der Waals surface area contributed by atoms with Crippen molar-refractivity contribution < 1.29 is 28.9 Å². The first-order chi connectivity index (χ1) is 9.84. The molecule has 0 aromatic heterocycles. The van der Waals surface area contributed by atoms with Crippen molar-refractivity contribution in [2.75, 3.05) is 14.2 Å². The molecule has 0 saturated carbocycles. The standard InChI is InChI=1S/C15H18O6/c1-6-8(3)21-15(18)10-9(6)7(2)13(19-4)11(12(10)16)14(17)20-5/h6,8,16H,1-5H3/t6-,8-/m1/s1. The van der Waals surface area contributed by atoms with E-state index in [0.717, 1.165) is 0 Å². The van der Waals surface area contributed by atoms with Crippen LogP contribution in [0.3, 0.4) is 0 Å². The summed E-state index contributed by atoms with van der Waals surface area (Å²) < 4.78 is 15.1. The van der Waals surface area contributed by atoms with Crippen LogP contribution in [-0.4, -0.2) is 37.4 Å². The normalized spacial score (nSPS) is 20.5. The molecule has 0 amide bonds. The first-order valence-corrected chi connectivity index (χ1v) is 6.57. The van der Waals surface area contributed by atoms with Crippen LogP contribution in [0.1, 0.15) is 51.6 Å². The highest BCUT2D eigenvalue weighted by Gasteiger charge is 2.38. The summed E-state index contributed by atoms with van der Waals surface area (Å²) in [7, 11) is 2.59. The third-order valence-electron chi connectivity index (χ3n) is 3.96. The van der Waals surface area contributed by atoms with Crippen LogP contribution in [-0.2, 0) is 9.47 Å². The van der Waals surface area contributed by atoms with Crippen LogP contribution in [0.15, 0.2) is 0 Å². The molecule has 6 nitrogen and oxygen atoms in total. The van der Waals surface area contributed by atoms with Gasteiger partial charge in [0.25, 0.3) is 0 Å². The summed E-state index contributed by atoms with van der Waals surface area (Å²) in [5.74, 6) is -1.78. The van der Waals surface area contributed by atoms with Crippen LogP contribution in [0, 0.1) is 6.92 Å². The van der Waals surface area contributed by atoms with E-state index in [1.54, 1.807) is 13.8 Å². The third kappa shape index (κ3) is 2.11. The fourth-order valence-electron chi connectivity index (χ4n) is 2.74. The van der Waals surface area contributed by atoms with E-state index < -0.39 is 17.7 Å². The molecule has 1 aliphatic rings. The summed E-state index contributed by atoms with van der Waals surface area (Å²) in [4.78, 5) is 24.0. The van der Waals surface area contributed by atoms with E-state index in [-0.39, 0.29) is 28.9 Å². The number of benzene rings is 1. The van der Waals surface area contributed by atoms with Crippen molar-refractivity contribution in [2.24, 2.45) is 0 Å². The Labute approximate surface area is 122 Å². The van der Waals surface area contributed by atoms with Crippen LogP contribution < -0.4 is 4.74 Å². The Balaban J connectivity index is 2.87. The predicted octanol–water partition coefficient (Wildman–Crippen LogP) is 2.16. The first kappa shape index (κ1) is 15.2. The van der Waals surface area contributed by atoms with E-state index in [9.17, 15) is 14.7 Å². The molecular formula is C15H18O6. The predicted molar refractivity (Wildman–Crippen MR) is 74.0 cm³/mol. The fourth-order valence-corrected chi connectivity index (χ4v) is 2.74. The van der Waals surface area contributed by atoms with Crippen molar-refractivity contribution in [1.82, 2.24) is 0 Å². The molecule has 2 atom stereocenters. The van der Waals surface area contributed by atoms with Gasteiger partial charge in [-0.3, -0.25) is 0 Å². The molecule has 114 valence electrons. The Bertz CT molecular complexity index is 619. The lowest BCUT2D eigenvalue weighted by atomic mass is 9.83. The minimum Gasteiger partial charge on any atom is -0.506 e. The molecule has 0 aliphatic carbocycles. The van der Waals surface area contributed by atoms with Gasteiger partial charge in [-0.15, -0.1) is 0 Å². The number of hydrogen-bond donors (Lipinski definition) is 1. The summed E-state index contributed by atoms with van der Waals surface area (Å²) >= 11 is 0.